The van der Waals surface area contributed by atoms with Gasteiger partial charge in [-0.2, -0.15) is 0 Å². The average molecular weight is 251 g/mol. The van der Waals surface area contributed by atoms with Crippen LogP contribution in [0.25, 0.3) is 0 Å². The summed E-state index contributed by atoms with van der Waals surface area (Å²) >= 11 is 0.687. The Morgan fingerprint density at radius 1 is 1.44 bits per heavy atom. The highest BCUT2D eigenvalue weighted by molar-refractivity contribution is 7.98. The predicted molar refractivity (Wildman–Crippen MR) is 52.7 cm³/mol. The molecule has 0 saturated heterocycles. The van der Waals surface area contributed by atoms with Gasteiger partial charge in [-0.05, 0) is 12.3 Å². The van der Waals surface area contributed by atoms with Gasteiger partial charge >= 0.3 is 5.97 Å². The molecule has 1 aromatic carbocycles. The summed E-state index contributed by atoms with van der Waals surface area (Å²) in [5, 5.41) is 8.53. The van der Waals surface area contributed by atoms with Crippen molar-refractivity contribution < 1.29 is 23.1 Å². The smallest absolute Gasteiger partial charge is 0.325 e. The zero-order chi connectivity index (χ0) is 12.5. The minimum atomic E-state index is -1.79. The second kappa shape index (κ2) is 4.75. The molecule has 0 bridgehead atoms. The minimum Gasteiger partial charge on any atom is -0.480 e. The van der Waals surface area contributed by atoms with Gasteiger partial charge in [0.2, 0.25) is 0 Å². The van der Waals surface area contributed by atoms with Crippen molar-refractivity contribution in [2.75, 3.05) is 6.26 Å². The first-order valence-corrected chi connectivity index (χ1v) is 5.32. The van der Waals surface area contributed by atoms with Gasteiger partial charge in [-0.1, -0.05) is 0 Å². The van der Waals surface area contributed by atoms with Gasteiger partial charge in [0.1, 0.15) is 11.9 Å². The second-order valence-corrected chi connectivity index (χ2v) is 3.74. The minimum absolute atomic E-state index is 0.501. The zero-order valence-corrected chi connectivity index (χ0v) is 8.95. The lowest BCUT2D eigenvalue weighted by atomic mass is 10.1. The molecule has 3 N–H and O–H groups in total. The van der Waals surface area contributed by atoms with E-state index >= 15 is 0 Å². The number of carbonyl (C=O) groups is 1. The third-order valence-electron chi connectivity index (χ3n) is 1.95. The van der Waals surface area contributed by atoms with Crippen LogP contribution in [0.15, 0.2) is 11.0 Å². The van der Waals surface area contributed by atoms with Crippen LogP contribution >= 0.6 is 11.8 Å². The molecule has 0 aliphatic heterocycles. The molecule has 0 spiro atoms. The van der Waals surface area contributed by atoms with Crippen molar-refractivity contribution in [1.82, 2.24) is 0 Å². The number of carboxylic acid groups (broad SMARTS) is 1. The molecular formula is C9H8F3NO2S. The Labute approximate surface area is 93.4 Å². The molecule has 1 unspecified atom stereocenters. The van der Waals surface area contributed by atoms with Crippen LogP contribution in [0.1, 0.15) is 11.6 Å². The summed E-state index contributed by atoms with van der Waals surface area (Å²) in [4.78, 5) is 9.99. The molecule has 1 rings (SSSR count). The van der Waals surface area contributed by atoms with Gasteiger partial charge < -0.3 is 10.8 Å². The number of carboxylic acids is 1. The fourth-order valence-electron chi connectivity index (χ4n) is 1.14. The van der Waals surface area contributed by atoms with E-state index in [1.165, 1.54) is 6.26 Å². The van der Waals surface area contributed by atoms with Gasteiger partial charge in [-0.3, -0.25) is 4.79 Å². The van der Waals surface area contributed by atoms with Crippen molar-refractivity contribution in [3.63, 3.8) is 0 Å². The maximum absolute atomic E-state index is 13.3. The standard InChI is InChI=1S/C9H8F3NO2S/c1-16-8-4(10)2-3(5(11)6(8)12)7(13)9(14)15/h2,7H,13H2,1H3,(H,14,15). The first-order chi connectivity index (χ1) is 7.40. The van der Waals surface area contributed by atoms with Gasteiger partial charge in [0.25, 0.3) is 0 Å². The highest BCUT2D eigenvalue weighted by Gasteiger charge is 2.25. The monoisotopic (exact) mass is 251 g/mol. The first kappa shape index (κ1) is 12.9. The number of aliphatic carboxylic acids is 1. The van der Waals surface area contributed by atoms with Crippen molar-refractivity contribution in [2.45, 2.75) is 10.9 Å². The average Bonchev–Trinajstić information content (AvgIpc) is 2.23. The predicted octanol–water partition coefficient (Wildman–Crippen LogP) is 1.91. The van der Waals surface area contributed by atoms with E-state index < -0.39 is 39.9 Å². The topological polar surface area (TPSA) is 63.3 Å². The number of hydrogen-bond donors (Lipinski definition) is 2. The van der Waals surface area contributed by atoms with E-state index in [-0.39, 0.29) is 0 Å². The molecule has 0 amide bonds. The van der Waals surface area contributed by atoms with Gasteiger partial charge in [0.05, 0.1) is 4.90 Å². The summed E-state index contributed by atoms with van der Waals surface area (Å²) in [5.74, 6) is -5.44. The zero-order valence-electron chi connectivity index (χ0n) is 8.13. The lowest BCUT2D eigenvalue weighted by Gasteiger charge is -2.11. The molecule has 88 valence electrons. The molecule has 16 heavy (non-hydrogen) atoms. The Hall–Kier alpha value is -1.21. The molecule has 1 aromatic rings. The van der Waals surface area contributed by atoms with E-state index in [1.807, 2.05) is 0 Å². The maximum atomic E-state index is 13.3. The van der Waals surface area contributed by atoms with E-state index in [0.29, 0.717) is 17.8 Å². The lowest BCUT2D eigenvalue weighted by Crippen LogP contribution is -2.22. The molecule has 0 fully saturated rings. The lowest BCUT2D eigenvalue weighted by molar-refractivity contribution is -0.138. The molecule has 0 saturated carbocycles. The summed E-state index contributed by atoms with van der Waals surface area (Å²) in [6, 6.07) is -1.19. The van der Waals surface area contributed by atoms with Gasteiger partial charge in [-0.15, -0.1) is 11.8 Å². The summed E-state index contributed by atoms with van der Waals surface area (Å²) < 4.78 is 39.8. The van der Waals surface area contributed by atoms with Crippen molar-refractivity contribution in [2.24, 2.45) is 5.73 Å². The quantitative estimate of drug-likeness (QED) is 0.636. The molecule has 7 heteroatoms. The Kier molecular flexibility index (Phi) is 3.82. The number of nitrogens with two attached hydrogens (primary N) is 1. The fraction of sp³-hybridized carbons (Fsp3) is 0.222. The largest absolute Gasteiger partial charge is 0.480 e. The van der Waals surface area contributed by atoms with Crippen LogP contribution in [0, 0.1) is 17.5 Å². The third kappa shape index (κ3) is 2.14. The van der Waals surface area contributed by atoms with E-state index in [0.717, 1.165) is 0 Å². The van der Waals surface area contributed by atoms with Crippen LogP contribution in [-0.2, 0) is 4.79 Å². The molecule has 0 aliphatic carbocycles. The van der Waals surface area contributed by atoms with Gasteiger partial charge in [0, 0.05) is 5.56 Å². The van der Waals surface area contributed by atoms with Gasteiger partial charge in [-0.25, -0.2) is 13.2 Å². The van der Waals surface area contributed by atoms with Crippen LogP contribution in [-0.4, -0.2) is 17.3 Å². The molecule has 0 radical (unpaired) electrons. The number of rotatable bonds is 3. The van der Waals surface area contributed by atoms with Crippen molar-refractivity contribution >= 4 is 17.7 Å². The Bertz CT molecular complexity index is 439. The third-order valence-corrected chi connectivity index (χ3v) is 2.73. The maximum Gasteiger partial charge on any atom is 0.325 e. The summed E-state index contributed by atoms with van der Waals surface area (Å²) in [5.41, 5.74) is 4.38. The second-order valence-electron chi connectivity index (χ2n) is 2.92. The highest BCUT2D eigenvalue weighted by Crippen LogP contribution is 2.29. The summed E-state index contributed by atoms with van der Waals surface area (Å²) in [6.07, 6.45) is 1.37. The van der Waals surface area contributed by atoms with Crippen molar-refractivity contribution in [3.8, 4) is 0 Å². The molecule has 0 heterocycles. The van der Waals surface area contributed by atoms with E-state index in [4.69, 9.17) is 10.8 Å². The fourth-order valence-corrected chi connectivity index (χ4v) is 1.67. The first-order valence-electron chi connectivity index (χ1n) is 4.10. The van der Waals surface area contributed by atoms with Crippen LogP contribution in [0.3, 0.4) is 0 Å². The Morgan fingerprint density at radius 2 is 2.00 bits per heavy atom. The summed E-state index contributed by atoms with van der Waals surface area (Å²) in [6.45, 7) is 0. The number of hydrogen-bond acceptors (Lipinski definition) is 3. The van der Waals surface area contributed by atoms with Crippen LogP contribution in [0.5, 0.6) is 0 Å². The highest BCUT2D eigenvalue weighted by atomic mass is 32.2. The Balaban J connectivity index is 3.39. The number of benzene rings is 1. The van der Waals surface area contributed by atoms with E-state index in [9.17, 15) is 18.0 Å². The van der Waals surface area contributed by atoms with Crippen LogP contribution in [0.4, 0.5) is 13.2 Å². The van der Waals surface area contributed by atoms with Crippen LogP contribution < -0.4 is 5.73 Å². The molecule has 3 nitrogen and oxygen atoms in total. The number of thioether (sulfide) groups is 1. The molecular weight excluding hydrogens is 243 g/mol. The molecule has 0 aliphatic rings. The summed E-state index contributed by atoms with van der Waals surface area (Å²) in [7, 11) is 0. The molecule has 0 aromatic heterocycles. The van der Waals surface area contributed by atoms with Crippen molar-refractivity contribution in [3.05, 3.63) is 29.1 Å². The Morgan fingerprint density at radius 3 is 2.44 bits per heavy atom. The normalized spacial score (nSPS) is 12.6. The molecule has 1 atom stereocenters. The van der Waals surface area contributed by atoms with Gasteiger partial charge in [0.15, 0.2) is 11.6 Å². The van der Waals surface area contributed by atoms with Crippen molar-refractivity contribution in [1.29, 1.82) is 0 Å². The number of halogens is 3. The van der Waals surface area contributed by atoms with E-state index in [1.54, 1.807) is 0 Å². The SMILES string of the molecule is CSc1c(F)cc(C(N)C(=O)O)c(F)c1F. The van der Waals surface area contributed by atoms with Crippen LogP contribution in [0.2, 0.25) is 0 Å². The van der Waals surface area contributed by atoms with E-state index in [2.05, 4.69) is 0 Å².